The summed E-state index contributed by atoms with van der Waals surface area (Å²) in [6.07, 6.45) is 0. The van der Waals surface area contributed by atoms with Crippen LogP contribution in [0.2, 0.25) is 5.02 Å². The maximum absolute atomic E-state index is 12.9. The molecule has 0 saturated heterocycles. The normalized spacial score (nSPS) is 10.6. The zero-order valence-corrected chi connectivity index (χ0v) is 10.6. The van der Waals surface area contributed by atoms with Gasteiger partial charge in [-0.3, -0.25) is 5.10 Å². The van der Waals surface area contributed by atoms with Crippen LogP contribution >= 0.6 is 11.6 Å². The molecule has 2 N–H and O–H groups in total. The van der Waals surface area contributed by atoms with Crippen LogP contribution in [-0.4, -0.2) is 30.5 Å². The van der Waals surface area contributed by atoms with Gasteiger partial charge in [0, 0.05) is 25.3 Å². The quantitative estimate of drug-likeness (QED) is 0.821. The molecule has 18 heavy (non-hydrogen) atoms. The van der Waals surface area contributed by atoms with Gasteiger partial charge in [0.05, 0.1) is 17.3 Å². The molecule has 1 heterocycles. The molecule has 96 valence electrons. The number of benzene rings is 1. The topological polar surface area (TPSA) is 49.9 Å². The van der Waals surface area contributed by atoms with Crippen LogP contribution in [0, 0.1) is 5.82 Å². The molecule has 4 nitrogen and oxygen atoms in total. The van der Waals surface area contributed by atoms with Gasteiger partial charge in [-0.05, 0) is 18.2 Å². The molecule has 2 aromatic rings. The van der Waals surface area contributed by atoms with Gasteiger partial charge in [-0.2, -0.15) is 5.10 Å². The van der Waals surface area contributed by atoms with Gasteiger partial charge >= 0.3 is 0 Å². The third-order valence-corrected chi connectivity index (χ3v) is 2.72. The monoisotopic (exact) mass is 269 g/mol. The minimum atomic E-state index is -0.360. The van der Waals surface area contributed by atoms with E-state index in [1.54, 1.807) is 13.2 Å². The highest BCUT2D eigenvalue weighted by Gasteiger charge is 2.08. The number of aromatic nitrogens is 2. The number of halogens is 2. The van der Waals surface area contributed by atoms with Gasteiger partial charge in [0.25, 0.3) is 0 Å². The molecule has 0 aliphatic carbocycles. The highest BCUT2D eigenvalue weighted by molar-refractivity contribution is 6.33. The van der Waals surface area contributed by atoms with Gasteiger partial charge in [0.15, 0.2) is 0 Å². The fourth-order valence-corrected chi connectivity index (χ4v) is 1.81. The molecule has 0 amide bonds. The van der Waals surface area contributed by atoms with Crippen LogP contribution in [0.25, 0.3) is 11.3 Å². The second kappa shape index (κ2) is 5.84. The van der Waals surface area contributed by atoms with Gasteiger partial charge in [-0.15, -0.1) is 0 Å². The number of hydrogen-bond donors (Lipinski definition) is 2. The lowest BCUT2D eigenvalue weighted by Gasteiger charge is -2.01. The Hall–Kier alpha value is -1.59. The molecule has 0 bridgehead atoms. The fraction of sp³-hybridized carbons (Fsp3) is 0.250. The summed E-state index contributed by atoms with van der Waals surface area (Å²) in [6.45, 7) is 1.26. The summed E-state index contributed by atoms with van der Waals surface area (Å²) in [5, 5.41) is 10.4. The number of methoxy groups -OCH3 is 1. The molecule has 1 aromatic heterocycles. The van der Waals surface area contributed by atoms with E-state index in [0.717, 1.165) is 5.69 Å². The van der Waals surface area contributed by atoms with E-state index in [-0.39, 0.29) is 5.82 Å². The summed E-state index contributed by atoms with van der Waals surface area (Å²) in [4.78, 5) is 0. The minimum absolute atomic E-state index is 0.349. The third kappa shape index (κ3) is 3.00. The van der Waals surface area contributed by atoms with Crippen molar-refractivity contribution in [1.82, 2.24) is 10.2 Å². The maximum Gasteiger partial charge on any atom is 0.148 e. The first-order chi connectivity index (χ1) is 8.70. The number of rotatable bonds is 5. The summed E-state index contributed by atoms with van der Waals surface area (Å²) < 4.78 is 17.9. The maximum atomic E-state index is 12.9. The van der Waals surface area contributed by atoms with Crippen molar-refractivity contribution >= 4 is 17.4 Å². The molecular formula is C12H13ClFN3O. The Morgan fingerprint density at radius 1 is 1.44 bits per heavy atom. The van der Waals surface area contributed by atoms with Crippen LogP contribution < -0.4 is 5.32 Å². The van der Waals surface area contributed by atoms with Gasteiger partial charge in [0.1, 0.15) is 11.6 Å². The molecular weight excluding hydrogens is 257 g/mol. The SMILES string of the molecule is COCCNc1cc(-c2ccc(F)cc2Cl)[nH]n1. The van der Waals surface area contributed by atoms with E-state index in [4.69, 9.17) is 16.3 Å². The van der Waals surface area contributed by atoms with E-state index in [1.807, 2.05) is 6.07 Å². The van der Waals surface area contributed by atoms with Crippen molar-refractivity contribution < 1.29 is 9.13 Å². The predicted octanol–water partition coefficient (Wildman–Crippen LogP) is 2.93. The van der Waals surface area contributed by atoms with Crippen LogP contribution in [0.3, 0.4) is 0 Å². The molecule has 0 fully saturated rings. The van der Waals surface area contributed by atoms with Crippen LogP contribution in [0.15, 0.2) is 24.3 Å². The Kier molecular flexibility index (Phi) is 4.17. The Morgan fingerprint density at radius 3 is 3.00 bits per heavy atom. The van der Waals surface area contributed by atoms with Crippen molar-refractivity contribution in [1.29, 1.82) is 0 Å². The Morgan fingerprint density at radius 2 is 2.28 bits per heavy atom. The van der Waals surface area contributed by atoms with Crippen molar-refractivity contribution in [3.8, 4) is 11.3 Å². The Balaban J connectivity index is 2.13. The van der Waals surface area contributed by atoms with Gasteiger partial charge in [0.2, 0.25) is 0 Å². The molecule has 0 aliphatic rings. The van der Waals surface area contributed by atoms with E-state index in [1.165, 1.54) is 12.1 Å². The van der Waals surface area contributed by atoms with Crippen LogP contribution in [-0.2, 0) is 4.74 Å². The lowest BCUT2D eigenvalue weighted by molar-refractivity contribution is 0.210. The van der Waals surface area contributed by atoms with Gasteiger partial charge < -0.3 is 10.1 Å². The van der Waals surface area contributed by atoms with E-state index < -0.39 is 0 Å². The van der Waals surface area contributed by atoms with Crippen molar-refractivity contribution in [2.75, 3.05) is 25.6 Å². The van der Waals surface area contributed by atoms with Gasteiger partial charge in [-0.1, -0.05) is 11.6 Å². The predicted molar refractivity (Wildman–Crippen MR) is 69.4 cm³/mol. The minimum Gasteiger partial charge on any atom is -0.383 e. The lowest BCUT2D eigenvalue weighted by Crippen LogP contribution is -2.07. The lowest BCUT2D eigenvalue weighted by atomic mass is 10.1. The third-order valence-electron chi connectivity index (χ3n) is 2.41. The smallest absolute Gasteiger partial charge is 0.148 e. The largest absolute Gasteiger partial charge is 0.383 e. The van der Waals surface area contributed by atoms with E-state index in [0.29, 0.717) is 29.6 Å². The number of aromatic amines is 1. The number of nitrogens with zero attached hydrogens (tertiary/aromatic N) is 1. The second-order valence-corrected chi connectivity index (χ2v) is 4.12. The number of H-pyrrole nitrogens is 1. The number of ether oxygens (including phenoxy) is 1. The highest BCUT2D eigenvalue weighted by Crippen LogP contribution is 2.28. The summed E-state index contributed by atoms with van der Waals surface area (Å²) in [6, 6.07) is 6.06. The summed E-state index contributed by atoms with van der Waals surface area (Å²) in [7, 11) is 1.63. The van der Waals surface area contributed by atoms with Crippen LogP contribution in [0.1, 0.15) is 0 Å². The number of nitrogens with one attached hydrogen (secondary N) is 2. The molecule has 0 atom stereocenters. The average Bonchev–Trinajstić information content (AvgIpc) is 2.78. The first-order valence-corrected chi connectivity index (χ1v) is 5.82. The van der Waals surface area contributed by atoms with Crippen LogP contribution in [0.4, 0.5) is 10.2 Å². The van der Waals surface area contributed by atoms with E-state index in [2.05, 4.69) is 15.5 Å². The second-order valence-electron chi connectivity index (χ2n) is 3.71. The van der Waals surface area contributed by atoms with Crippen molar-refractivity contribution in [3.05, 3.63) is 35.1 Å². The molecule has 6 heteroatoms. The van der Waals surface area contributed by atoms with Crippen molar-refractivity contribution in [3.63, 3.8) is 0 Å². The zero-order chi connectivity index (χ0) is 13.0. The summed E-state index contributed by atoms with van der Waals surface area (Å²) >= 11 is 5.97. The van der Waals surface area contributed by atoms with Gasteiger partial charge in [-0.25, -0.2) is 4.39 Å². The highest BCUT2D eigenvalue weighted by atomic mass is 35.5. The molecule has 2 rings (SSSR count). The fourth-order valence-electron chi connectivity index (χ4n) is 1.54. The number of hydrogen-bond acceptors (Lipinski definition) is 3. The number of anilines is 1. The molecule has 0 aliphatic heterocycles. The molecule has 0 saturated carbocycles. The Labute approximate surface area is 109 Å². The molecule has 0 unspecified atom stereocenters. The Bertz CT molecular complexity index is 530. The molecule has 0 spiro atoms. The standard InChI is InChI=1S/C12H13ClFN3O/c1-18-5-4-15-12-7-11(16-17-12)9-3-2-8(14)6-10(9)13/h2-3,6-7H,4-5H2,1H3,(H2,15,16,17). The summed E-state index contributed by atoms with van der Waals surface area (Å²) in [5.74, 6) is 0.337. The van der Waals surface area contributed by atoms with Crippen LogP contribution in [0.5, 0.6) is 0 Å². The first-order valence-electron chi connectivity index (χ1n) is 5.44. The molecule has 0 radical (unpaired) electrons. The average molecular weight is 270 g/mol. The van der Waals surface area contributed by atoms with Crippen molar-refractivity contribution in [2.24, 2.45) is 0 Å². The molecule has 1 aromatic carbocycles. The zero-order valence-electron chi connectivity index (χ0n) is 9.84. The summed E-state index contributed by atoms with van der Waals surface area (Å²) in [5.41, 5.74) is 1.45. The van der Waals surface area contributed by atoms with E-state index >= 15 is 0 Å². The first kappa shape index (κ1) is 12.9. The van der Waals surface area contributed by atoms with E-state index in [9.17, 15) is 4.39 Å². The van der Waals surface area contributed by atoms with Crippen molar-refractivity contribution in [2.45, 2.75) is 0 Å².